The van der Waals surface area contributed by atoms with Gasteiger partial charge in [-0.15, -0.1) is 0 Å². The quantitative estimate of drug-likeness (QED) is 0.215. The molecule has 0 saturated heterocycles. The largest absolute Gasteiger partial charge is 0.493 e. The van der Waals surface area contributed by atoms with E-state index in [4.69, 9.17) is 40.3 Å². The first-order valence-electron chi connectivity index (χ1n) is 12.7. The molecule has 0 bridgehead atoms. The Balaban J connectivity index is 1.50. The fourth-order valence-corrected chi connectivity index (χ4v) is 4.17. The number of aromatic nitrogens is 1. The Bertz CT molecular complexity index is 1490. The molecule has 0 unspecified atom stereocenters. The van der Waals surface area contributed by atoms with E-state index in [1.807, 2.05) is 26.8 Å². The summed E-state index contributed by atoms with van der Waals surface area (Å²) in [5.74, 6) is 2.47. The molecule has 4 rings (SSSR count). The molecule has 0 fully saturated rings. The van der Waals surface area contributed by atoms with Crippen LogP contribution in [0.1, 0.15) is 31.1 Å². The van der Waals surface area contributed by atoms with Gasteiger partial charge in [0.2, 0.25) is 11.6 Å². The number of thiocarbonyl (C=S) groups is 1. The van der Waals surface area contributed by atoms with E-state index in [2.05, 4.69) is 15.6 Å². The second kappa shape index (κ2) is 13.0. The van der Waals surface area contributed by atoms with Gasteiger partial charge in [-0.05, 0) is 81.5 Å². The Labute approximate surface area is 237 Å². The number of nitrogens with zero attached hydrogens (tertiary/aromatic N) is 1. The molecule has 0 aliphatic heterocycles. The minimum Gasteiger partial charge on any atom is -0.493 e. The van der Waals surface area contributed by atoms with Crippen LogP contribution in [-0.4, -0.2) is 50.0 Å². The number of carbonyl (C=O) groups is 1. The third-order valence-corrected chi connectivity index (χ3v) is 5.88. The molecule has 1 aromatic heterocycles. The van der Waals surface area contributed by atoms with Crippen molar-refractivity contribution in [2.75, 3.05) is 39.4 Å². The zero-order valence-electron chi connectivity index (χ0n) is 23.0. The van der Waals surface area contributed by atoms with E-state index >= 15 is 0 Å². The van der Waals surface area contributed by atoms with Crippen molar-refractivity contribution in [2.24, 2.45) is 0 Å². The van der Waals surface area contributed by atoms with Crippen LogP contribution in [-0.2, 0) is 0 Å². The molecule has 11 heteroatoms. The lowest BCUT2D eigenvalue weighted by atomic mass is 10.1. The van der Waals surface area contributed by atoms with Gasteiger partial charge in [0.05, 0.1) is 34.0 Å². The van der Waals surface area contributed by atoms with E-state index in [1.165, 1.54) is 0 Å². The fourth-order valence-electron chi connectivity index (χ4n) is 3.96. The molecule has 0 saturated carbocycles. The Hall–Kier alpha value is -4.51. The Morgan fingerprint density at radius 3 is 2.15 bits per heavy atom. The van der Waals surface area contributed by atoms with Crippen molar-refractivity contribution >= 4 is 40.0 Å². The zero-order chi connectivity index (χ0) is 28.6. The van der Waals surface area contributed by atoms with Gasteiger partial charge in [-0.25, -0.2) is 4.98 Å². The molecule has 4 aromatic rings. The highest BCUT2D eigenvalue weighted by Crippen LogP contribution is 2.39. The number of methoxy groups -OCH3 is 2. The number of oxazole rings is 1. The second-order valence-electron chi connectivity index (χ2n) is 8.28. The molecule has 0 aliphatic carbocycles. The third-order valence-electron chi connectivity index (χ3n) is 5.67. The minimum atomic E-state index is -0.430. The van der Waals surface area contributed by atoms with E-state index in [1.54, 1.807) is 56.7 Å². The highest BCUT2D eigenvalue weighted by Gasteiger charge is 2.19. The average molecular weight is 566 g/mol. The first kappa shape index (κ1) is 28.5. The van der Waals surface area contributed by atoms with Gasteiger partial charge < -0.3 is 33.4 Å². The molecule has 40 heavy (non-hydrogen) atoms. The van der Waals surface area contributed by atoms with Crippen LogP contribution in [0, 0.1) is 0 Å². The van der Waals surface area contributed by atoms with Gasteiger partial charge in [-0.1, -0.05) is 0 Å². The van der Waals surface area contributed by atoms with Gasteiger partial charge in [0.1, 0.15) is 5.52 Å². The number of carbonyl (C=O) groups excluding carboxylic acids is 1. The smallest absolute Gasteiger partial charge is 0.257 e. The summed E-state index contributed by atoms with van der Waals surface area (Å²) in [5.41, 5.74) is 2.87. The van der Waals surface area contributed by atoms with E-state index in [9.17, 15) is 4.79 Å². The summed E-state index contributed by atoms with van der Waals surface area (Å²) in [4.78, 5) is 17.7. The van der Waals surface area contributed by atoms with Crippen LogP contribution in [0.2, 0.25) is 0 Å². The van der Waals surface area contributed by atoms with Gasteiger partial charge in [-0.2, -0.15) is 0 Å². The van der Waals surface area contributed by atoms with Crippen LogP contribution in [0.3, 0.4) is 0 Å². The molecule has 0 aliphatic rings. The first-order valence-corrected chi connectivity index (χ1v) is 13.1. The predicted octanol–water partition coefficient (Wildman–Crippen LogP) is 5.83. The Morgan fingerprint density at radius 2 is 1.52 bits per heavy atom. The van der Waals surface area contributed by atoms with Gasteiger partial charge in [-0.3, -0.25) is 10.1 Å². The lowest BCUT2D eigenvalue weighted by molar-refractivity contribution is 0.0976. The number of anilines is 1. The lowest BCUT2D eigenvalue weighted by Gasteiger charge is -2.17. The van der Waals surface area contributed by atoms with Crippen molar-refractivity contribution in [1.29, 1.82) is 0 Å². The maximum absolute atomic E-state index is 13.1. The Kier molecular flexibility index (Phi) is 9.28. The van der Waals surface area contributed by atoms with Crippen molar-refractivity contribution in [2.45, 2.75) is 20.8 Å². The predicted molar refractivity (Wildman–Crippen MR) is 156 cm³/mol. The normalized spacial score (nSPS) is 10.6. The molecule has 10 nitrogen and oxygen atoms in total. The SMILES string of the molecule is CCOc1cc(C(=O)NC(=S)Nc2ccc3oc(-c4ccc(OC)c(OC)c4)nc3c2)cc(OCC)c1OCC. The summed E-state index contributed by atoms with van der Waals surface area (Å²) in [6, 6.07) is 14.0. The first-order chi connectivity index (χ1) is 19.4. The van der Waals surface area contributed by atoms with Crippen molar-refractivity contribution in [3.8, 4) is 40.2 Å². The molecular formula is C29H31N3O7S. The maximum Gasteiger partial charge on any atom is 0.257 e. The van der Waals surface area contributed by atoms with Gasteiger partial charge in [0, 0.05) is 16.8 Å². The van der Waals surface area contributed by atoms with Crippen LogP contribution < -0.4 is 34.3 Å². The van der Waals surface area contributed by atoms with Crippen LogP contribution in [0.15, 0.2) is 52.9 Å². The molecule has 0 atom stereocenters. The van der Waals surface area contributed by atoms with Gasteiger partial charge >= 0.3 is 0 Å². The molecule has 0 spiro atoms. The Morgan fingerprint density at radius 1 is 0.850 bits per heavy atom. The number of nitrogens with one attached hydrogen (secondary N) is 2. The topological polar surface area (TPSA) is 113 Å². The standard InChI is InChI=1S/C29H31N3O7S/c1-6-36-24-14-18(15-25(37-7-2)26(24)38-8-3)27(33)32-29(40)30-19-10-12-21-20(16-19)31-28(39-21)17-9-11-22(34-4)23(13-17)35-5/h9-16H,6-8H2,1-5H3,(H2,30,32,33,40). The van der Waals surface area contributed by atoms with Crippen LogP contribution in [0.25, 0.3) is 22.6 Å². The summed E-state index contributed by atoms with van der Waals surface area (Å²) in [6.45, 7) is 6.79. The highest BCUT2D eigenvalue weighted by molar-refractivity contribution is 7.80. The summed E-state index contributed by atoms with van der Waals surface area (Å²) in [7, 11) is 3.14. The third kappa shape index (κ3) is 6.37. The second-order valence-corrected chi connectivity index (χ2v) is 8.69. The van der Waals surface area contributed by atoms with E-state index in [-0.39, 0.29) is 5.11 Å². The lowest BCUT2D eigenvalue weighted by Crippen LogP contribution is -2.34. The van der Waals surface area contributed by atoms with Gasteiger partial charge in [0.15, 0.2) is 33.7 Å². The van der Waals surface area contributed by atoms with Crippen molar-refractivity contribution < 1.29 is 32.9 Å². The van der Waals surface area contributed by atoms with Crippen molar-refractivity contribution in [3.63, 3.8) is 0 Å². The summed E-state index contributed by atoms with van der Waals surface area (Å²) in [6.07, 6.45) is 0. The summed E-state index contributed by atoms with van der Waals surface area (Å²) in [5, 5.41) is 5.83. The number of hydrogen-bond donors (Lipinski definition) is 2. The molecule has 1 amide bonds. The van der Waals surface area contributed by atoms with Gasteiger partial charge in [0.25, 0.3) is 5.91 Å². The molecule has 3 aromatic carbocycles. The van der Waals surface area contributed by atoms with Crippen LogP contribution in [0.4, 0.5) is 5.69 Å². The summed E-state index contributed by atoms with van der Waals surface area (Å²) < 4.78 is 33.7. The number of rotatable bonds is 11. The van der Waals surface area contributed by atoms with E-state index < -0.39 is 5.91 Å². The molecule has 2 N–H and O–H groups in total. The minimum absolute atomic E-state index is 0.109. The number of hydrogen-bond acceptors (Lipinski definition) is 9. The fraction of sp³-hybridized carbons (Fsp3) is 0.276. The molecule has 1 heterocycles. The number of fused-ring (bicyclic) bond motifs is 1. The van der Waals surface area contributed by atoms with E-state index in [0.717, 1.165) is 5.56 Å². The number of amides is 1. The number of benzene rings is 3. The molecular weight excluding hydrogens is 534 g/mol. The van der Waals surface area contributed by atoms with Crippen LogP contribution >= 0.6 is 12.2 Å². The highest BCUT2D eigenvalue weighted by atomic mass is 32.1. The molecule has 0 radical (unpaired) electrons. The van der Waals surface area contributed by atoms with Crippen molar-refractivity contribution in [3.05, 3.63) is 54.1 Å². The maximum atomic E-state index is 13.1. The van der Waals surface area contributed by atoms with Crippen molar-refractivity contribution in [1.82, 2.24) is 10.3 Å². The summed E-state index contributed by atoms with van der Waals surface area (Å²) >= 11 is 5.40. The number of ether oxygens (including phenoxy) is 5. The van der Waals surface area contributed by atoms with Crippen LogP contribution in [0.5, 0.6) is 28.7 Å². The molecule has 210 valence electrons. The monoisotopic (exact) mass is 565 g/mol. The van der Waals surface area contributed by atoms with E-state index in [0.29, 0.717) is 76.8 Å². The zero-order valence-corrected chi connectivity index (χ0v) is 23.8. The average Bonchev–Trinajstić information content (AvgIpc) is 3.38.